The van der Waals surface area contributed by atoms with E-state index in [9.17, 15) is 4.39 Å². The number of ether oxygens (including phenoxy) is 1. The van der Waals surface area contributed by atoms with E-state index in [1.165, 1.54) is 13.2 Å². The Kier molecular flexibility index (Phi) is 3.72. The fraction of sp³-hybridized carbons (Fsp3) is 0.400. The Morgan fingerprint density at radius 2 is 2.14 bits per heavy atom. The van der Waals surface area contributed by atoms with E-state index in [-0.39, 0.29) is 11.6 Å². The minimum Gasteiger partial charge on any atom is -0.494 e. The minimum atomic E-state index is -1.15. The number of halogens is 1. The van der Waals surface area contributed by atoms with Crippen LogP contribution in [0.15, 0.2) is 23.1 Å². The molecular formula is C10H15FOS2. The molecule has 0 aliphatic carbocycles. The average Bonchev–Trinajstić information content (AvgIpc) is 2.17. The van der Waals surface area contributed by atoms with Gasteiger partial charge in [-0.15, -0.1) is 11.7 Å². The second-order valence-electron chi connectivity index (χ2n) is 3.13. The van der Waals surface area contributed by atoms with Gasteiger partial charge in [0.05, 0.1) is 7.11 Å². The third-order valence-corrected chi connectivity index (χ3v) is 5.99. The van der Waals surface area contributed by atoms with Crippen molar-refractivity contribution in [2.45, 2.75) is 11.8 Å². The summed E-state index contributed by atoms with van der Waals surface area (Å²) in [5.74, 6) is 0.904. The molecule has 1 atom stereocenters. The van der Waals surface area contributed by atoms with Crippen molar-refractivity contribution in [3.8, 4) is 5.75 Å². The number of rotatable bonds is 3. The minimum absolute atomic E-state index is 0.286. The Hall–Kier alpha value is -0.350. The molecule has 0 spiro atoms. The van der Waals surface area contributed by atoms with E-state index in [1.807, 2.05) is 6.07 Å². The third-order valence-electron chi connectivity index (χ3n) is 2.19. The average molecular weight is 234 g/mol. The van der Waals surface area contributed by atoms with Gasteiger partial charge in [0.1, 0.15) is 0 Å². The molecule has 4 heteroatoms. The molecule has 0 saturated heterocycles. The van der Waals surface area contributed by atoms with Crippen molar-refractivity contribution in [3.05, 3.63) is 24.0 Å². The quantitative estimate of drug-likeness (QED) is 0.622. The molecule has 0 amide bonds. The van der Waals surface area contributed by atoms with Crippen LogP contribution in [0.25, 0.3) is 0 Å². The van der Waals surface area contributed by atoms with Crippen LogP contribution in [0.2, 0.25) is 0 Å². The molecule has 0 aliphatic rings. The Bertz CT molecular complexity index is 326. The van der Waals surface area contributed by atoms with Crippen LogP contribution in [0.5, 0.6) is 5.75 Å². The molecule has 0 fully saturated rings. The van der Waals surface area contributed by atoms with Crippen molar-refractivity contribution in [3.63, 3.8) is 0 Å². The van der Waals surface area contributed by atoms with Gasteiger partial charge < -0.3 is 4.74 Å². The predicted octanol–water partition coefficient (Wildman–Crippen LogP) is 3.49. The van der Waals surface area contributed by atoms with Gasteiger partial charge >= 0.3 is 0 Å². The number of benzene rings is 1. The summed E-state index contributed by atoms with van der Waals surface area (Å²) in [4.78, 5) is 0.960. The Labute approximate surface area is 90.8 Å². The van der Waals surface area contributed by atoms with Crippen LogP contribution in [0.4, 0.5) is 4.39 Å². The Morgan fingerprint density at radius 1 is 1.50 bits per heavy atom. The van der Waals surface area contributed by atoms with E-state index < -0.39 is 9.06 Å². The van der Waals surface area contributed by atoms with Gasteiger partial charge in [0, 0.05) is 4.90 Å². The Balaban J connectivity index is 3.08. The molecule has 0 aromatic heterocycles. The molecule has 0 heterocycles. The van der Waals surface area contributed by atoms with E-state index in [4.69, 9.17) is 4.74 Å². The number of thiol groups is 1. The van der Waals surface area contributed by atoms with Gasteiger partial charge in [-0.2, -0.15) is 9.06 Å². The predicted molar refractivity (Wildman–Crippen MR) is 64.3 cm³/mol. The maximum absolute atomic E-state index is 13.4. The first-order valence-electron chi connectivity index (χ1n) is 4.33. The molecule has 1 aromatic carbocycles. The highest BCUT2D eigenvalue weighted by molar-refractivity contribution is 8.87. The van der Waals surface area contributed by atoms with Crippen LogP contribution in [0.1, 0.15) is 6.92 Å². The molecule has 1 nitrogen and oxygen atoms in total. The van der Waals surface area contributed by atoms with Crippen molar-refractivity contribution in [2.75, 3.05) is 19.1 Å². The lowest BCUT2D eigenvalue weighted by Crippen LogP contribution is -1.96. The van der Waals surface area contributed by atoms with Crippen LogP contribution in [0.3, 0.4) is 0 Å². The topological polar surface area (TPSA) is 9.23 Å². The molecule has 1 rings (SSSR count). The molecule has 0 radical (unpaired) electrons. The lowest BCUT2D eigenvalue weighted by Gasteiger charge is -2.28. The normalized spacial score (nSPS) is 17.2. The summed E-state index contributed by atoms with van der Waals surface area (Å²) in [5.41, 5.74) is 0. The smallest absolute Gasteiger partial charge is 0.166 e. The molecule has 80 valence electrons. The summed E-state index contributed by atoms with van der Waals surface area (Å²) < 4.78 is 18.2. The first-order valence-corrected chi connectivity index (χ1v) is 7.59. The highest BCUT2D eigenvalue weighted by Gasteiger charge is 2.15. The molecular weight excluding hydrogens is 219 g/mol. The Morgan fingerprint density at radius 3 is 2.57 bits per heavy atom. The van der Waals surface area contributed by atoms with Gasteiger partial charge in [-0.3, -0.25) is 0 Å². The van der Waals surface area contributed by atoms with Gasteiger partial charge in [-0.05, 0) is 30.2 Å². The molecule has 1 aromatic rings. The van der Waals surface area contributed by atoms with Crippen LogP contribution in [-0.2, 0) is 0 Å². The van der Waals surface area contributed by atoms with Gasteiger partial charge in [0.25, 0.3) is 0 Å². The van der Waals surface area contributed by atoms with Crippen LogP contribution in [0, 0.1) is 5.82 Å². The largest absolute Gasteiger partial charge is 0.494 e. The lowest BCUT2D eigenvalue weighted by atomic mass is 10.3. The molecule has 14 heavy (non-hydrogen) atoms. The van der Waals surface area contributed by atoms with Crippen molar-refractivity contribution in [2.24, 2.45) is 0 Å². The zero-order valence-electron chi connectivity index (χ0n) is 8.58. The van der Waals surface area contributed by atoms with Crippen LogP contribution in [-0.4, -0.2) is 19.1 Å². The first-order chi connectivity index (χ1) is 6.51. The second kappa shape index (κ2) is 4.45. The summed E-state index contributed by atoms with van der Waals surface area (Å²) in [6.45, 7) is 2.06. The van der Waals surface area contributed by atoms with Crippen molar-refractivity contribution < 1.29 is 9.13 Å². The zero-order valence-corrected chi connectivity index (χ0v) is 10.3. The van der Waals surface area contributed by atoms with Gasteiger partial charge in [-0.25, -0.2) is 4.39 Å². The number of hydrogen-bond donors (Lipinski definition) is 1. The standard InChI is InChI=1S/C10H15FOS2/c1-4-14(3,13)8-5-6-10(12-2)9(11)7-8/h5-7,13H,4H2,1-3H3. The molecule has 1 unspecified atom stereocenters. The monoisotopic (exact) mass is 234 g/mol. The summed E-state index contributed by atoms with van der Waals surface area (Å²) in [6, 6.07) is 5.06. The summed E-state index contributed by atoms with van der Waals surface area (Å²) in [5, 5.41) is 0. The fourth-order valence-corrected chi connectivity index (χ4v) is 2.48. The summed E-state index contributed by atoms with van der Waals surface area (Å²) in [6.07, 6.45) is 2.05. The summed E-state index contributed by atoms with van der Waals surface area (Å²) >= 11 is 4.56. The van der Waals surface area contributed by atoms with E-state index in [1.54, 1.807) is 6.07 Å². The highest BCUT2D eigenvalue weighted by atomic mass is 33.1. The van der Waals surface area contributed by atoms with Gasteiger partial charge in [0.15, 0.2) is 11.6 Å². The van der Waals surface area contributed by atoms with E-state index in [2.05, 4.69) is 24.8 Å². The molecule has 0 N–H and O–H groups in total. The lowest BCUT2D eigenvalue weighted by molar-refractivity contribution is 0.385. The van der Waals surface area contributed by atoms with Gasteiger partial charge in [0.2, 0.25) is 0 Å². The van der Waals surface area contributed by atoms with Crippen LogP contribution >= 0.6 is 20.7 Å². The third kappa shape index (κ3) is 2.36. The molecule has 0 saturated carbocycles. The number of methoxy groups -OCH3 is 1. The maximum Gasteiger partial charge on any atom is 0.166 e. The SMILES string of the molecule is CCS(C)(S)c1ccc(OC)c(F)c1. The van der Waals surface area contributed by atoms with Crippen molar-refractivity contribution in [1.82, 2.24) is 0 Å². The van der Waals surface area contributed by atoms with Crippen LogP contribution < -0.4 is 4.74 Å². The molecule has 0 bridgehead atoms. The highest BCUT2D eigenvalue weighted by Crippen LogP contribution is 2.56. The van der Waals surface area contributed by atoms with E-state index >= 15 is 0 Å². The maximum atomic E-state index is 13.4. The van der Waals surface area contributed by atoms with E-state index in [0.29, 0.717) is 0 Å². The fourth-order valence-electron chi connectivity index (χ4n) is 1.09. The van der Waals surface area contributed by atoms with Crippen molar-refractivity contribution >= 4 is 20.7 Å². The first kappa shape index (κ1) is 11.7. The van der Waals surface area contributed by atoms with Gasteiger partial charge in [-0.1, -0.05) is 6.92 Å². The van der Waals surface area contributed by atoms with E-state index in [0.717, 1.165) is 10.6 Å². The molecule has 0 aliphatic heterocycles. The van der Waals surface area contributed by atoms with Crippen molar-refractivity contribution in [1.29, 1.82) is 0 Å². The summed E-state index contributed by atoms with van der Waals surface area (Å²) in [7, 11) is 0.316. The number of hydrogen-bond acceptors (Lipinski definition) is 2. The zero-order chi connectivity index (χ0) is 10.8. The second-order valence-corrected chi connectivity index (χ2v) is 8.67.